The van der Waals surface area contributed by atoms with E-state index in [-0.39, 0.29) is 5.82 Å². The third kappa shape index (κ3) is 2.76. The summed E-state index contributed by atoms with van der Waals surface area (Å²) in [6.07, 6.45) is 0. The molecule has 1 aromatic carbocycles. The van der Waals surface area contributed by atoms with Crippen molar-refractivity contribution >= 4 is 17.3 Å². The Morgan fingerprint density at radius 3 is 2.91 bits per heavy atom. The summed E-state index contributed by atoms with van der Waals surface area (Å²) in [7, 11) is 0. The van der Waals surface area contributed by atoms with Crippen molar-refractivity contribution in [1.29, 1.82) is 0 Å². The molecule has 0 amide bonds. The third-order valence-corrected chi connectivity index (χ3v) is 1.44. The summed E-state index contributed by atoms with van der Waals surface area (Å²) in [5.41, 5.74) is 0.769. The third-order valence-electron chi connectivity index (χ3n) is 1.25. The van der Waals surface area contributed by atoms with Gasteiger partial charge in [0, 0.05) is 18.1 Å². The van der Waals surface area contributed by atoms with Gasteiger partial charge < -0.3 is 5.32 Å². The van der Waals surface area contributed by atoms with E-state index in [2.05, 4.69) is 5.32 Å². The highest BCUT2D eigenvalue weighted by Crippen LogP contribution is 2.08. The molecule has 0 fully saturated rings. The maximum absolute atomic E-state index is 12.5. The van der Waals surface area contributed by atoms with Gasteiger partial charge in [0.05, 0.1) is 0 Å². The van der Waals surface area contributed by atoms with Gasteiger partial charge in [0.25, 0.3) is 0 Å². The molecular weight excluding hydrogens is 165 g/mol. The highest BCUT2D eigenvalue weighted by atomic mass is 35.5. The van der Waals surface area contributed by atoms with Gasteiger partial charge in [-0.25, -0.2) is 4.39 Å². The quantitative estimate of drug-likeness (QED) is 0.693. The largest absolute Gasteiger partial charge is 0.384 e. The Hall–Kier alpha value is -0.760. The molecule has 0 bridgehead atoms. The monoisotopic (exact) mass is 173 g/mol. The number of hydrogen-bond acceptors (Lipinski definition) is 1. The van der Waals surface area contributed by atoms with E-state index in [0.717, 1.165) is 5.69 Å². The smallest absolute Gasteiger partial charge is 0.125 e. The van der Waals surface area contributed by atoms with Gasteiger partial charge in [0.1, 0.15) is 5.82 Å². The first kappa shape index (κ1) is 8.34. The van der Waals surface area contributed by atoms with Gasteiger partial charge in [-0.2, -0.15) is 0 Å². The van der Waals surface area contributed by atoms with Crippen LogP contribution in [0.25, 0.3) is 0 Å². The molecule has 0 saturated heterocycles. The van der Waals surface area contributed by atoms with Crippen LogP contribution in [0.3, 0.4) is 0 Å². The molecule has 0 aromatic heterocycles. The second kappa shape index (κ2) is 4.19. The second-order valence-electron chi connectivity index (χ2n) is 2.13. The Labute approximate surface area is 70.2 Å². The van der Waals surface area contributed by atoms with Crippen LogP contribution in [0.4, 0.5) is 10.1 Å². The SMILES string of the molecule is Fc1cccc(NCCCl)c1. The molecule has 0 aliphatic rings. The Bertz CT molecular complexity index is 227. The standard InChI is InChI=1S/C8H9ClFN/c9-4-5-11-8-3-1-2-7(10)6-8/h1-3,6,11H,4-5H2. The zero-order valence-electron chi connectivity index (χ0n) is 5.98. The lowest BCUT2D eigenvalue weighted by Gasteiger charge is -2.02. The van der Waals surface area contributed by atoms with Crippen molar-refractivity contribution < 1.29 is 4.39 Å². The molecule has 60 valence electrons. The molecule has 0 aliphatic carbocycles. The molecular formula is C8H9ClFN. The number of halogens is 2. The van der Waals surface area contributed by atoms with Gasteiger partial charge in [-0.3, -0.25) is 0 Å². The highest BCUT2D eigenvalue weighted by Gasteiger charge is 1.91. The van der Waals surface area contributed by atoms with E-state index in [9.17, 15) is 4.39 Å². The Morgan fingerprint density at radius 1 is 1.45 bits per heavy atom. The van der Waals surface area contributed by atoms with Crippen LogP contribution < -0.4 is 5.32 Å². The molecule has 0 heterocycles. The summed E-state index contributed by atoms with van der Waals surface area (Å²) in [6.45, 7) is 0.658. The van der Waals surface area contributed by atoms with Crippen molar-refractivity contribution in [3.8, 4) is 0 Å². The molecule has 1 nitrogen and oxygen atoms in total. The predicted molar refractivity (Wildman–Crippen MR) is 45.6 cm³/mol. The van der Waals surface area contributed by atoms with Crippen LogP contribution >= 0.6 is 11.6 Å². The van der Waals surface area contributed by atoms with Crippen LogP contribution in [0.15, 0.2) is 24.3 Å². The molecule has 1 aromatic rings. The summed E-state index contributed by atoms with van der Waals surface area (Å²) in [6, 6.07) is 6.31. The van der Waals surface area contributed by atoms with Crippen molar-refractivity contribution in [1.82, 2.24) is 0 Å². The molecule has 3 heteroatoms. The van der Waals surface area contributed by atoms with Crippen molar-refractivity contribution in [2.24, 2.45) is 0 Å². The van der Waals surface area contributed by atoms with Crippen molar-refractivity contribution in [2.75, 3.05) is 17.7 Å². The minimum absolute atomic E-state index is 0.232. The first-order chi connectivity index (χ1) is 5.33. The van der Waals surface area contributed by atoms with Crippen LogP contribution in [0, 0.1) is 5.82 Å². The van der Waals surface area contributed by atoms with Gasteiger partial charge in [-0.05, 0) is 18.2 Å². The van der Waals surface area contributed by atoms with E-state index in [1.165, 1.54) is 12.1 Å². The second-order valence-corrected chi connectivity index (χ2v) is 2.50. The Balaban J connectivity index is 2.56. The first-order valence-corrected chi connectivity index (χ1v) is 3.92. The van der Waals surface area contributed by atoms with Gasteiger partial charge in [0.2, 0.25) is 0 Å². The van der Waals surface area contributed by atoms with Crippen molar-refractivity contribution in [2.45, 2.75) is 0 Å². The lowest BCUT2D eigenvalue weighted by atomic mass is 10.3. The van der Waals surface area contributed by atoms with E-state index in [1.54, 1.807) is 12.1 Å². The van der Waals surface area contributed by atoms with E-state index in [4.69, 9.17) is 11.6 Å². The number of anilines is 1. The normalized spacial score (nSPS) is 9.64. The lowest BCUT2D eigenvalue weighted by molar-refractivity contribution is 0.628. The number of alkyl halides is 1. The topological polar surface area (TPSA) is 12.0 Å². The van der Waals surface area contributed by atoms with Crippen molar-refractivity contribution in [3.63, 3.8) is 0 Å². The van der Waals surface area contributed by atoms with E-state index >= 15 is 0 Å². The predicted octanol–water partition coefficient (Wildman–Crippen LogP) is 2.48. The number of nitrogens with one attached hydrogen (secondary N) is 1. The summed E-state index contributed by atoms with van der Waals surface area (Å²) < 4.78 is 12.5. The van der Waals surface area contributed by atoms with Crippen LogP contribution in [-0.2, 0) is 0 Å². The summed E-state index contributed by atoms with van der Waals surface area (Å²) in [5.74, 6) is 0.292. The number of hydrogen-bond donors (Lipinski definition) is 1. The summed E-state index contributed by atoms with van der Waals surface area (Å²) in [5, 5.41) is 2.96. The maximum atomic E-state index is 12.5. The van der Waals surface area contributed by atoms with E-state index in [0.29, 0.717) is 12.4 Å². The fraction of sp³-hybridized carbons (Fsp3) is 0.250. The lowest BCUT2D eigenvalue weighted by Crippen LogP contribution is -2.01. The summed E-state index contributed by atoms with van der Waals surface area (Å²) >= 11 is 5.43. The molecule has 0 saturated carbocycles. The first-order valence-electron chi connectivity index (χ1n) is 3.38. The van der Waals surface area contributed by atoms with Crippen LogP contribution in [0.2, 0.25) is 0 Å². The molecule has 1 N–H and O–H groups in total. The fourth-order valence-corrected chi connectivity index (χ4v) is 0.885. The number of benzene rings is 1. The molecule has 0 spiro atoms. The molecule has 0 aliphatic heterocycles. The molecule has 0 radical (unpaired) electrons. The zero-order valence-corrected chi connectivity index (χ0v) is 6.74. The fourth-order valence-electron chi connectivity index (χ4n) is 0.790. The zero-order chi connectivity index (χ0) is 8.10. The van der Waals surface area contributed by atoms with Gasteiger partial charge in [-0.1, -0.05) is 6.07 Å². The molecule has 11 heavy (non-hydrogen) atoms. The Morgan fingerprint density at radius 2 is 2.27 bits per heavy atom. The number of rotatable bonds is 3. The van der Waals surface area contributed by atoms with Crippen LogP contribution in [0.5, 0.6) is 0 Å². The maximum Gasteiger partial charge on any atom is 0.125 e. The minimum Gasteiger partial charge on any atom is -0.384 e. The van der Waals surface area contributed by atoms with Gasteiger partial charge in [0.15, 0.2) is 0 Å². The molecule has 0 unspecified atom stereocenters. The van der Waals surface area contributed by atoms with Crippen LogP contribution in [0.1, 0.15) is 0 Å². The Kier molecular flexibility index (Phi) is 3.17. The van der Waals surface area contributed by atoms with E-state index < -0.39 is 0 Å². The molecule has 1 rings (SSSR count). The van der Waals surface area contributed by atoms with Gasteiger partial charge in [-0.15, -0.1) is 11.6 Å². The van der Waals surface area contributed by atoms with Gasteiger partial charge >= 0.3 is 0 Å². The average molecular weight is 174 g/mol. The van der Waals surface area contributed by atoms with Crippen molar-refractivity contribution in [3.05, 3.63) is 30.1 Å². The van der Waals surface area contributed by atoms with Crippen LogP contribution in [-0.4, -0.2) is 12.4 Å². The average Bonchev–Trinajstić information content (AvgIpc) is 2.01. The minimum atomic E-state index is -0.232. The molecule has 0 atom stereocenters. The summed E-state index contributed by atoms with van der Waals surface area (Å²) in [4.78, 5) is 0. The highest BCUT2D eigenvalue weighted by molar-refractivity contribution is 6.18. The van der Waals surface area contributed by atoms with E-state index in [1.807, 2.05) is 0 Å².